The van der Waals surface area contributed by atoms with Gasteiger partial charge in [0, 0.05) is 11.4 Å². The summed E-state index contributed by atoms with van der Waals surface area (Å²) in [7, 11) is 0. The molecule has 1 spiro atoms. The highest BCUT2D eigenvalue weighted by Gasteiger charge is 2.42. The number of guanidine groups is 2. The van der Waals surface area contributed by atoms with E-state index < -0.39 is 5.66 Å². The Morgan fingerprint density at radius 2 is 1.59 bits per heavy atom. The average Bonchev–Trinajstić information content (AvgIpc) is 3.04. The number of anilines is 1. The molecule has 7 nitrogen and oxygen atoms in total. The van der Waals surface area contributed by atoms with Crippen molar-refractivity contribution in [2.24, 2.45) is 21.5 Å². The molecule has 0 unspecified atom stereocenters. The Morgan fingerprint density at radius 3 is 2.34 bits per heavy atom. The van der Waals surface area contributed by atoms with Crippen LogP contribution in [0.5, 0.6) is 0 Å². The first kappa shape index (κ1) is 17.7. The average molecular weight is 387 g/mol. The van der Waals surface area contributed by atoms with Gasteiger partial charge >= 0.3 is 0 Å². The second kappa shape index (κ2) is 6.62. The molecule has 1 aromatic heterocycles. The van der Waals surface area contributed by atoms with Gasteiger partial charge in [-0.2, -0.15) is 4.99 Å². The molecule has 29 heavy (non-hydrogen) atoms. The maximum absolute atomic E-state index is 6.34. The number of para-hydroxylation sites is 2. The summed E-state index contributed by atoms with van der Waals surface area (Å²) < 4.78 is 2.17. The number of hydrogen-bond acceptors (Lipinski definition) is 6. The number of nitrogens with zero attached hydrogens (tertiary/aromatic N) is 5. The van der Waals surface area contributed by atoms with Gasteiger partial charge in [-0.3, -0.25) is 9.47 Å². The first-order chi connectivity index (χ1) is 14.1. The first-order valence-electron chi connectivity index (χ1n) is 10.1. The van der Waals surface area contributed by atoms with Crippen LogP contribution in [0, 0.1) is 6.92 Å². The number of hydrogen-bond donors (Lipinski definition) is 2. The summed E-state index contributed by atoms with van der Waals surface area (Å²) in [5.41, 5.74) is 16.0. The molecule has 1 saturated carbocycles. The zero-order valence-corrected chi connectivity index (χ0v) is 16.5. The van der Waals surface area contributed by atoms with Crippen LogP contribution in [0.15, 0.2) is 58.5 Å². The Kier molecular flexibility index (Phi) is 4.04. The molecule has 4 N–H and O–H groups in total. The lowest BCUT2D eigenvalue weighted by atomic mass is 9.87. The Balaban J connectivity index is 1.56. The Bertz CT molecular complexity index is 1120. The molecule has 0 amide bonds. The fraction of sp³-hybridized carbons (Fsp3) is 0.318. The molecule has 2 aromatic carbocycles. The van der Waals surface area contributed by atoms with Gasteiger partial charge in [0.1, 0.15) is 11.5 Å². The quantitative estimate of drug-likeness (QED) is 0.704. The third-order valence-corrected chi connectivity index (χ3v) is 5.95. The van der Waals surface area contributed by atoms with Crippen LogP contribution in [0.4, 0.5) is 5.69 Å². The number of aryl methyl sites for hydroxylation is 1. The van der Waals surface area contributed by atoms with Gasteiger partial charge in [-0.05, 0) is 69.0 Å². The second-order valence-electron chi connectivity index (χ2n) is 7.82. The van der Waals surface area contributed by atoms with E-state index in [1.54, 1.807) is 0 Å². The van der Waals surface area contributed by atoms with E-state index in [1.165, 1.54) is 6.42 Å². The summed E-state index contributed by atoms with van der Waals surface area (Å²) >= 11 is 0. The summed E-state index contributed by atoms with van der Waals surface area (Å²) in [5.74, 6) is 1.65. The molecule has 0 radical (unpaired) electrons. The van der Waals surface area contributed by atoms with E-state index in [1.807, 2.05) is 25.1 Å². The summed E-state index contributed by atoms with van der Waals surface area (Å²) in [6, 6.07) is 16.5. The number of nitrogens with two attached hydrogens (primary N) is 2. The fourth-order valence-electron chi connectivity index (χ4n) is 4.72. The van der Waals surface area contributed by atoms with Crippen LogP contribution in [0.1, 0.15) is 37.9 Å². The van der Waals surface area contributed by atoms with Gasteiger partial charge in [0.15, 0.2) is 0 Å². The molecule has 1 fully saturated rings. The smallest absolute Gasteiger partial charge is 0.220 e. The van der Waals surface area contributed by atoms with Gasteiger partial charge in [0.05, 0.1) is 11.0 Å². The van der Waals surface area contributed by atoms with Crippen molar-refractivity contribution >= 4 is 28.6 Å². The van der Waals surface area contributed by atoms with Gasteiger partial charge in [0.25, 0.3) is 0 Å². The van der Waals surface area contributed by atoms with Gasteiger partial charge in [-0.25, -0.2) is 9.98 Å². The van der Waals surface area contributed by atoms with Crippen molar-refractivity contribution in [1.29, 1.82) is 0 Å². The number of aliphatic imine (C=N–C) groups is 2. The maximum atomic E-state index is 6.34. The van der Waals surface area contributed by atoms with Crippen molar-refractivity contribution in [1.82, 2.24) is 9.55 Å². The zero-order valence-electron chi connectivity index (χ0n) is 16.5. The van der Waals surface area contributed by atoms with Crippen LogP contribution in [-0.2, 0) is 0 Å². The van der Waals surface area contributed by atoms with E-state index in [9.17, 15) is 0 Å². The van der Waals surface area contributed by atoms with Crippen molar-refractivity contribution in [2.45, 2.75) is 44.7 Å². The number of rotatable bonds is 2. The lowest BCUT2D eigenvalue weighted by Gasteiger charge is -2.45. The van der Waals surface area contributed by atoms with Crippen LogP contribution in [-0.4, -0.2) is 27.1 Å². The minimum Gasteiger partial charge on any atom is -0.369 e. The molecule has 148 valence electrons. The van der Waals surface area contributed by atoms with Crippen molar-refractivity contribution in [3.63, 3.8) is 0 Å². The second-order valence-corrected chi connectivity index (χ2v) is 7.82. The van der Waals surface area contributed by atoms with Crippen molar-refractivity contribution < 1.29 is 0 Å². The number of imidazole rings is 1. The van der Waals surface area contributed by atoms with Gasteiger partial charge in [-0.1, -0.05) is 18.6 Å². The van der Waals surface area contributed by atoms with E-state index in [0.29, 0.717) is 5.96 Å². The van der Waals surface area contributed by atoms with Gasteiger partial charge < -0.3 is 11.5 Å². The van der Waals surface area contributed by atoms with Crippen LogP contribution in [0.2, 0.25) is 0 Å². The van der Waals surface area contributed by atoms with Crippen molar-refractivity contribution in [3.8, 4) is 5.69 Å². The minimum absolute atomic E-state index is 0.276. The molecular weight excluding hydrogens is 362 g/mol. The molecule has 1 aliphatic carbocycles. The van der Waals surface area contributed by atoms with Gasteiger partial charge in [-0.15, -0.1) is 0 Å². The van der Waals surface area contributed by atoms with Crippen LogP contribution in [0.3, 0.4) is 0 Å². The summed E-state index contributed by atoms with van der Waals surface area (Å²) in [4.78, 5) is 15.7. The van der Waals surface area contributed by atoms with Crippen LogP contribution < -0.4 is 16.4 Å². The highest BCUT2D eigenvalue weighted by molar-refractivity contribution is 6.05. The summed E-state index contributed by atoms with van der Waals surface area (Å²) in [6.07, 6.45) is 5.29. The fourth-order valence-corrected chi connectivity index (χ4v) is 4.72. The molecule has 5 rings (SSSR count). The normalized spacial score (nSPS) is 18.7. The number of fused-ring (bicyclic) bond motifs is 1. The van der Waals surface area contributed by atoms with E-state index >= 15 is 0 Å². The number of aromatic nitrogens is 2. The SMILES string of the molecule is Cc1nc2ccccc2n1-c1ccc(N2C(N)=NC(N)=NC23CCCCC3)cc1. The molecule has 7 heteroatoms. The highest BCUT2D eigenvalue weighted by atomic mass is 15.4. The van der Waals surface area contributed by atoms with E-state index in [-0.39, 0.29) is 5.96 Å². The number of benzene rings is 2. The van der Waals surface area contributed by atoms with E-state index in [0.717, 1.165) is 53.9 Å². The summed E-state index contributed by atoms with van der Waals surface area (Å²) in [5, 5.41) is 0. The molecule has 3 aromatic rings. The predicted octanol–water partition coefficient (Wildman–Crippen LogP) is 3.44. The standard InChI is InChI=1S/C22H25N7/c1-15-25-18-7-3-4-8-19(18)28(15)16-9-11-17(12-10-16)29-21(24)26-20(23)27-22(29)13-5-2-6-14-22/h3-4,7-12H,2,5-6,13-14H2,1H3,(H4,23,24,26,27). The monoisotopic (exact) mass is 387 g/mol. The minimum atomic E-state index is -0.423. The highest BCUT2D eigenvalue weighted by Crippen LogP contribution is 2.39. The topological polar surface area (TPSA) is 97.8 Å². The molecule has 0 bridgehead atoms. The Morgan fingerprint density at radius 1 is 0.897 bits per heavy atom. The molecular formula is C22H25N7. The molecule has 2 heterocycles. The lowest BCUT2D eigenvalue weighted by molar-refractivity contribution is 0.305. The molecule has 0 atom stereocenters. The van der Waals surface area contributed by atoms with Crippen LogP contribution in [0.25, 0.3) is 16.7 Å². The first-order valence-corrected chi connectivity index (χ1v) is 10.1. The third-order valence-electron chi connectivity index (χ3n) is 5.95. The third kappa shape index (κ3) is 2.85. The predicted molar refractivity (Wildman–Crippen MR) is 117 cm³/mol. The van der Waals surface area contributed by atoms with Crippen LogP contribution >= 0.6 is 0 Å². The van der Waals surface area contributed by atoms with E-state index in [4.69, 9.17) is 16.5 Å². The Labute approximate surface area is 169 Å². The van der Waals surface area contributed by atoms with Crippen molar-refractivity contribution in [3.05, 3.63) is 54.4 Å². The zero-order chi connectivity index (χ0) is 20.0. The molecule has 1 aliphatic heterocycles. The summed E-state index contributed by atoms with van der Waals surface area (Å²) in [6.45, 7) is 2.03. The van der Waals surface area contributed by atoms with E-state index in [2.05, 4.69) is 49.8 Å². The lowest BCUT2D eigenvalue weighted by Crippen LogP contribution is -2.58. The Hall–Kier alpha value is -3.35. The molecule has 0 saturated heterocycles. The van der Waals surface area contributed by atoms with Crippen molar-refractivity contribution in [2.75, 3.05) is 4.90 Å². The van der Waals surface area contributed by atoms with Gasteiger partial charge in [0.2, 0.25) is 11.9 Å². The largest absolute Gasteiger partial charge is 0.369 e. The maximum Gasteiger partial charge on any atom is 0.220 e. The molecule has 2 aliphatic rings.